The molecule has 1 aromatic rings. The molecule has 0 aliphatic carbocycles. The zero-order valence-electron chi connectivity index (χ0n) is 8.66. The monoisotopic (exact) mass is 212 g/mol. The van der Waals surface area contributed by atoms with Gasteiger partial charge in [0, 0.05) is 43.6 Å². The third kappa shape index (κ3) is 2.04. The lowest BCUT2D eigenvalue weighted by molar-refractivity contribution is 0.587. The van der Waals surface area contributed by atoms with Crippen LogP contribution in [0.5, 0.6) is 0 Å². The van der Waals surface area contributed by atoms with E-state index in [9.17, 15) is 0 Å². The van der Waals surface area contributed by atoms with Crippen LogP contribution < -0.4 is 10.2 Å². The number of hydrogen-bond acceptors (Lipinski definition) is 5. The van der Waals surface area contributed by atoms with Crippen molar-refractivity contribution in [2.24, 2.45) is 0 Å². The first-order valence-corrected chi connectivity index (χ1v) is 5.84. The second kappa shape index (κ2) is 4.23. The van der Waals surface area contributed by atoms with Crippen molar-refractivity contribution in [3.05, 3.63) is 5.82 Å². The molecule has 2 rings (SSSR count). The fourth-order valence-corrected chi connectivity index (χ4v) is 2.30. The van der Waals surface area contributed by atoms with Crippen LogP contribution in [0.4, 0.5) is 5.13 Å². The van der Waals surface area contributed by atoms with Gasteiger partial charge in [0.15, 0.2) is 0 Å². The zero-order chi connectivity index (χ0) is 9.97. The number of nitrogens with zero attached hydrogens (tertiary/aromatic N) is 3. The predicted molar refractivity (Wildman–Crippen MR) is 59.1 cm³/mol. The van der Waals surface area contributed by atoms with Crippen molar-refractivity contribution in [2.45, 2.75) is 19.8 Å². The SMILES string of the molecule is CC(C)c1nsc(N2CCNCC2)n1. The van der Waals surface area contributed by atoms with Crippen LogP contribution in [0.1, 0.15) is 25.6 Å². The molecule has 0 atom stereocenters. The highest BCUT2D eigenvalue weighted by Gasteiger charge is 2.15. The summed E-state index contributed by atoms with van der Waals surface area (Å²) in [5, 5.41) is 4.41. The van der Waals surface area contributed by atoms with Crippen LogP contribution in [-0.4, -0.2) is 35.5 Å². The molecule has 2 heterocycles. The second-order valence-electron chi connectivity index (χ2n) is 3.83. The van der Waals surface area contributed by atoms with E-state index >= 15 is 0 Å². The Bertz CT molecular complexity index is 291. The molecule has 0 saturated carbocycles. The molecule has 1 aromatic heterocycles. The lowest BCUT2D eigenvalue weighted by Gasteiger charge is -2.26. The molecule has 0 radical (unpaired) electrons. The van der Waals surface area contributed by atoms with Crippen LogP contribution in [0.3, 0.4) is 0 Å². The molecule has 1 aliphatic heterocycles. The van der Waals surface area contributed by atoms with Crippen molar-refractivity contribution >= 4 is 16.7 Å². The zero-order valence-corrected chi connectivity index (χ0v) is 9.47. The van der Waals surface area contributed by atoms with E-state index in [-0.39, 0.29) is 0 Å². The second-order valence-corrected chi connectivity index (χ2v) is 4.56. The molecular weight excluding hydrogens is 196 g/mol. The number of rotatable bonds is 2. The van der Waals surface area contributed by atoms with E-state index in [0.29, 0.717) is 5.92 Å². The highest BCUT2D eigenvalue weighted by Crippen LogP contribution is 2.21. The maximum absolute atomic E-state index is 4.54. The lowest BCUT2D eigenvalue weighted by Crippen LogP contribution is -2.43. The van der Waals surface area contributed by atoms with E-state index in [4.69, 9.17) is 0 Å². The normalized spacial score (nSPS) is 17.8. The third-order valence-corrected chi connectivity index (χ3v) is 3.13. The highest BCUT2D eigenvalue weighted by molar-refractivity contribution is 7.09. The molecule has 0 aromatic carbocycles. The van der Waals surface area contributed by atoms with Crippen molar-refractivity contribution in [3.63, 3.8) is 0 Å². The highest BCUT2D eigenvalue weighted by atomic mass is 32.1. The van der Waals surface area contributed by atoms with Gasteiger partial charge in [0.1, 0.15) is 5.82 Å². The molecule has 0 amide bonds. The summed E-state index contributed by atoms with van der Waals surface area (Å²) in [5.41, 5.74) is 0. The van der Waals surface area contributed by atoms with Gasteiger partial charge in [-0.2, -0.15) is 4.37 Å². The van der Waals surface area contributed by atoms with Gasteiger partial charge < -0.3 is 10.2 Å². The average Bonchev–Trinajstić information content (AvgIpc) is 2.68. The van der Waals surface area contributed by atoms with Crippen molar-refractivity contribution in [1.82, 2.24) is 14.7 Å². The van der Waals surface area contributed by atoms with E-state index in [0.717, 1.165) is 37.1 Å². The average molecular weight is 212 g/mol. The van der Waals surface area contributed by atoms with Crippen LogP contribution >= 0.6 is 11.5 Å². The predicted octanol–water partition coefficient (Wildman–Crippen LogP) is 1.07. The quantitative estimate of drug-likeness (QED) is 0.796. The summed E-state index contributed by atoms with van der Waals surface area (Å²) in [7, 11) is 0. The van der Waals surface area contributed by atoms with E-state index in [1.54, 1.807) is 0 Å². The van der Waals surface area contributed by atoms with Gasteiger partial charge in [-0.15, -0.1) is 0 Å². The largest absolute Gasteiger partial charge is 0.344 e. The van der Waals surface area contributed by atoms with Gasteiger partial charge in [0.2, 0.25) is 5.13 Å². The topological polar surface area (TPSA) is 41.1 Å². The minimum atomic E-state index is 0.433. The van der Waals surface area contributed by atoms with Gasteiger partial charge in [0.25, 0.3) is 0 Å². The Morgan fingerprint density at radius 1 is 1.36 bits per heavy atom. The number of nitrogens with one attached hydrogen (secondary N) is 1. The van der Waals surface area contributed by atoms with Crippen molar-refractivity contribution in [1.29, 1.82) is 0 Å². The molecule has 1 fully saturated rings. The number of anilines is 1. The Labute approximate surface area is 88.5 Å². The van der Waals surface area contributed by atoms with Crippen molar-refractivity contribution in [2.75, 3.05) is 31.1 Å². The number of hydrogen-bond donors (Lipinski definition) is 1. The number of aromatic nitrogens is 2. The van der Waals surface area contributed by atoms with Crippen molar-refractivity contribution < 1.29 is 0 Å². The Balaban J connectivity index is 2.07. The summed E-state index contributed by atoms with van der Waals surface area (Å²) in [5.74, 6) is 1.41. The van der Waals surface area contributed by atoms with Gasteiger partial charge in [-0.3, -0.25) is 0 Å². The molecule has 0 unspecified atom stereocenters. The first kappa shape index (κ1) is 9.86. The Kier molecular flexibility index (Phi) is 2.98. The van der Waals surface area contributed by atoms with Gasteiger partial charge in [-0.25, -0.2) is 4.98 Å². The van der Waals surface area contributed by atoms with Crippen LogP contribution in [0, 0.1) is 0 Å². The third-order valence-electron chi connectivity index (χ3n) is 2.33. The summed E-state index contributed by atoms with van der Waals surface area (Å²) < 4.78 is 4.36. The summed E-state index contributed by atoms with van der Waals surface area (Å²) in [6.07, 6.45) is 0. The first-order chi connectivity index (χ1) is 6.77. The molecule has 78 valence electrons. The van der Waals surface area contributed by atoms with Crippen LogP contribution in [-0.2, 0) is 0 Å². The molecular formula is C9H16N4S. The fourth-order valence-electron chi connectivity index (χ4n) is 1.45. The van der Waals surface area contributed by atoms with Gasteiger partial charge in [-0.1, -0.05) is 13.8 Å². The van der Waals surface area contributed by atoms with Crippen molar-refractivity contribution in [3.8, 4) is 0 Å². The smallest absolute Gasteiger partial charge is 0.205 e. The molecule has 0 spiro atoms. The lowest BCUT2D eigenvalue weighted by atomic mass is 10.2. The Hall–Kier alpha value is -0.680. The Morgan fingerprint density at radius 2 is 2.07 bits per heavy atom. The van der Waals surface area contributed by atoms with Crippen LogP contribution in [0.25, 0.3) is 0 Å². The van der Waals surface area contributed by atoms with E-state index in [1.807, 2.05) is 0 Å². The molecule has 1 aliphatic rings. The van der Waals surface area contributed by atoms with E-state index in [2.05, 4.69) is 33.4 Å². The maximum Gasteiger partial charge on any atom is 0.205 e. The molecule has 1 saturated heterocycles. The van der Waals surface area contributed by atoms with E-state index < -0.39 is 0 Å². The molecule has 5 heteroatoms. The first-order valence-electron chi connectivity index (χ1n) is 5.06. The minimum absolute atomic E-state index is 0.433. The molecule has 0 bridgehead atoms. The maximum atomic E-state index is 4.54. The molecule has 4 nitrogen and oxygen atoms in total. The van der Waals surface area contributed by atoms with Crippen LogP contribution in [0.15, 0.2) is 0 Å². The van der Waals surface area contributed by atoms with Gasteiger partial charge in [-0.05, 0) is 0 Å². The standard InChI is InChI=1S/C9H16N4S/c1-7(2)8-11-9(14-12-8)13-5-3-10-4-6-13/h7,10H,3-6H2,1-2H3. The Morgan fingerprint density at radius 3 is 2.64 bits per heavy atom. The summed E-state index contributed by atoms with van der Waals surface area (Å²) in [6.45, 7) is 8.46. The summed E-state index contributed by atoms with van der Waals surface area (Å²) in [6, 6.07) is 0. The number of piperazine rings is 1. The molecule has 1 N–H and O–H groups in total. The summed E-state index contributed by atoms with van der Waals surface area (Å²) in [4.78, 5) is 6.84. The van der Waals surface area contributed by atoms with Gasteiger partial charge >= 0.3 is 0 Å². The minimum Gasteiger partial charge on any atom is -0.344 e. The molecule has 14 heavy (non-hydrogen) atoms. The van der Waals surface area contributed by atoms with Gasteiger partial charge in [0.05, 0.1) is 0 Å². The van der Waals surface area contributed by atoms with Crippen LogP contribution in [0.2, 0.25) is 0 Å². The summed E-state index contributed by atoms with van der Waals surface area (Å²) >= 11 is 1.52. The van der Waals surface area contributed by atoms with E-state index in [1.165, 1.54) is 11.5 Å². The fraction of sp³-hybridized carbons (Fsp3) is 0.778.